The smallest absolute Gasteiger partial charge is 0.410 e. The van der Waals surface area contributed by atoms with Crippen LogP contribution in [0.25, 0.3) is 0 Å². The van der Waals surface area contributed by atoms with Gasteiger partial charge in [0.25, 0.3) is 0 Å². The molecular formula is C25H33N3O5. The summed E-state index contributed by atoms with van der Waals surface area (Å²) < 4.78 is 16.0. The number of amides is 2. The van der Waals surface area contributed by atoms with Crippen LogP contribution in [0.1, 0.15) is 32.4 Å². The molecule has 33 heavy (non-hydrogen) atoms. The van der Waals surface area contributed by atoms with E-state index in [0.717, 1.165) is 17.1 Å². The Morgan fingerprint density at radius 2 is 1.36 bits per heavy atom. The molecule has 0 radical (unpaired) electrons. The van der Waals surface area contributed by atoms with Crippen LogP contribution in [0.4, 0.5) is 10.5 Å². The van der Waals surface area contributed by atoms with Gasteiger partial charge in [-0.05, 0) is 62.7 Å². The number of anilines is 1. The van der Waals surface area contributed by atoms with Gasteiger partial charge in [-0.3, -0.25) is 9.69 Å². The van der Waals surface area contributed by atoms with E-state index in [1.54, 1.807) is 31.3 Å². The fraction of sp³-hybridized carbons (Fsp3) is 0.440. The fourth-order valence-electron chi connectivity index (χ4n) is 3.69. The molecule has 2 aromatic carbocycles. The lowest BCUT2D eigenvalue weighted by Crippen LogP contribution is -2.52. The summed E-state index contributed by atoms with van der Waals surface area (Å²) in [4.78, 5) is 29.6. The van der Waals surface area contributed by atoms with Crippen molar-refractivity contribution in [3.63, 3.8) is 0 Å². The van der Waals surface area contributed by atoms with Crippen molar-refractivity contribution in [1.29, 1.82) is 0 Å². The number of ether oxygens (including phenoxy) is 3. The topological polar surface area (TPSA) is 80.3 Å². The van der Waals surface area contributed by atoms with Crippen LogP contribution in [0.3, 0.4) is 0 Å². The molecule has 178 valence electrons. The highest BCUT2D eigenvalue weighted by Gasteiger charge is 2.33. The quantitative estimate of drug-likeness (QED) is 0.711. The Morgan fingerprint density at radius 3 is 1.85 bits per heavy atom. The minimum absolute atomic E-state index is 0.143. The third kappa shape index (κ3) is 6.61. The molecule has 1 saturated heterocycles. The molecule has 1 aliphatic rings. The molecule has 2 aromatic rings. The zero-order chi connectivity index (χ0) is 24.0. The summed E-state index contributed by atoms with van der Waals surface area (Å²) in [5, 5.41) is 3.01. The molecule has 1 heterocycles. The highest BCUT2D eigenvalue weighted by Crippen LogP contribution is 2.27. The van der Waals surface area contributed by atoms with Crippen molar-refractivity contribution < 1.29 is 23.8 Å². The Labute approximate surface area is 195 Å². The number of hydrogen-bond donors (Lipinski definition) is 1. The third-order valence-corrected chi connectivity index (χ3v) is 5.37. The minimum Gasteiger partial charge on any atom is -0.497 e. The molecule has 1 N–H and O–H groups in total. The molecule has 1 fully saturated rings. The number of rotatable bonds is 6. The maximum Gasteiger partial charge on any atom is 0.410 e. The van der Waals surface area contributed by atoms with Gasteiger partial charge in [-0.15, -0.1) is 0 Å². The van der Waals surface area contributed by atoms with Crippen LogP contribution < -0.4 is 14.8 Å². The first-order valence-corrected chi connectivity index (χ1v) is 11.0. The van der Waals surface area contributed by atoms with Gasteiger partial charge in [0.1, 0.15) is 23.1 Å². The number of nitrogens with zero attached hydrogens (tertiary/aromatic N) is 2. The van der Waals surface area contributed by atoms with E-state index in [1.165, 1.54) is 0 Å². The molecule has 1 unspecified atom stereocenters. The predicted molar refractivity (Wildman–Crippen MR) is 127 cm³/mol. The summed E-state index contributed by atoms with van der Waals surface area (Å²) in [6.07, 6.45) is -0.328. The number of carbonyl (C=O) groups excluding carboxylic acids is 2. The molecule has 0 aromatic heterocycles. The van der Waals surface area contributed by atoms with Crippen LogP contribution in [-0.2, 0) is 9.53 Å². The van der Waals surface area contributed by atoms with Crippen LogP contribution in [-0.4, -0.2) is 67.8 Å². The Morgan fingerprint density at radius 1 is 0.848 bits per heavy atom. The molecule has 1 aliphatic heterocycles. The summed E-state index contributed by atoms with van der Waals surface area (Å²) in [6, 6.07) is 14.2. The van der Waals surface area contributed by atoms with Gasteiger partial charge in [-0.2, -0.15) is 0 Å². The van der Waals surface area contributed by atoms with Crippen LogP contribution in [0.15, 0.2) is 48.5 Å². The largest absolute Gasteiger partial charge is 0.497 e. The molecule has 2 amide bonds. The van der Waals surface area contributed by atoms with Crippen molar-refractivity contribution in [2.45, 2.75) is 32.4 Å². The first kappa shape index (κ1) is 24.4. The third-order valence-electron chi connectivity index (χ3n) is 5.37. The second kappa shape index (κ2) is 10.6. The summed E-state index contributed by atoms with van der Waals surface area (Å²) in [5.41, 5.74) is 0.997. The average molecular weight is 456 g/mol. The monoisotopic (exact) mass is 455 g/mol. The molecule has 0 aliphatic carbocycles. The van der Waals surface area contributed by atoms with Gasteiger partial charge in [-0.1, -0.05) is 12.1 Å². The fourth-order valence-corrected chi connectivity index (χ4v) is 3.69. The van der Waals surface area contributed by atoms with E-state index in [1.807, 2.05) is 57.2 Å². The van der Waals surface area contributed by atoms with Crippen LogP contribution in [0.5, 0.6) is 11.5 Å². The molecule has 1 atom stereocenters. The van der Waals surface area contributed by atoms with Gasteiger partial charge in [0.05, 0.1) is 14.2 Å². The lowest BCUT2D eigenvalue weighted by atomic mass is 10.0. The Balaban J connectivity index is 1.76. The highest BCUT2D eigenvalue weighted by atomic mass is 16.6. The van der Waals surface area contributed by atoms with Crippen molar-refractivity contribution in [3.05, 3.63) is 54.1 Å². The Hall–Kier alpha value is -3.26. The predicted octanol–water partition coefficient (Wildman–Crippen LogP) is 3.94. The van der Waals surface area contributed by atoms with Crippen LogP contribution >= 0.6 is 0 Å². The zero-order valence-electron chi connectivity index (χ0n) is 20.0. The van der Waals surface area contributed by atoms with Crippen molar-refractivity contribution >= 4 is 17.7 Å². The summed E-state index contributed by atoms with van der Waals surface area (Å²) in [7, 11) is 3.21. The molecule has 3 rings (SSSR count). The number of piperazine rings is 1. The standard InChI is InChI=1S/C25H33N3O5/c1-25(2,3)33-24(30)28-16-14-27(15-17-28)22(18-6-10-20(31-4)11-7-18)23(29)26-19-8-12-21(32-5)13-9-19/h6-13,22H,14-17H2,1-5H3,(H,26,29). The number of carbonyl (C=O) groups is 2. The molecular weight excluding hydrogens is 422 g/mol. The maximum atomic E-state index is 13.4. The second-order valence-electron chi connectivity index (χ2n) is 8.90. The lowest BCUT2D eigenvalue weighted by Gasteiger charge is -2.39. The van der Waals surface area contributed by atoms with E-state index in [2.05, 4.69) is 10.2 Å². The number of hydrogen-bond acceptors (Lipinski definition) is 6. The zero-order valence-corrected chi connectivity index (χ0v) is 20.0. The second-order valence-corrected chi connectivity index (χ2v) is 8.90. The van der Waals surface area contributed by atoms with E-state index in [9.17, 15) is 9.59 Å². The van der Waals surface area contributed by atoms with Crippen LogP contribution in [0.2, 0.25) is 0 Å². The van der Waals surface area contributed by atoms with E-state index in [-0.39, 0.29) is 12.0 Å². The van der Waals surface area contributed by atoms with E-state index < -0.39 is 11.6 Å². The van der Waals surface area contributed by atoms with Gasteiger partial charge in [0, 0.05) is 31.9 Å². The average Bonchev–Trinajstić information content (AvgIpc) is 2.79. The first-order chi connectivity index (χ1) is 15.7. The van der Waals surface area contributed by atoms with E-state index in [4.69, 9.17) is 14.2 Å². The summed E-state index contributed by atoms with van der Waals surface area (Å²) in [5.74, 6) is 1.30. The van der Waals surface area contributed by atoms with Crippen LogP contribution in [0, 0.1) is 0 Å². The van der Waals surface area contributed by atoms with Crippen molar-refractivity contribution in [2.75, 3.05) is 45.7 Å². The number of nitrogens with one attached hydrogen (secondary N) is 1. The lowest BCUT2D eigenvalue weighted by molar-refractivity contribution is -0.122. The Bertz CT molecular complexity index is 930. The first-order valence-electron chi connectivity index (χ1n) is 11.0. The minimum atomic E-state index is -0.544. The van der Waals surface area contributed by atoms with Crippen molar-refractivity contribution in [2.24, 2.45) is 0 Å². The van der Waals surface area contributed by atoms with E-state index in [0.29, 0.717) is 31.9 Å². The van der Waals surface area contributed by atoms with Gasteiger partial charge < -0.3 is 24.4 Å². The van der Waals surface area contributed by atoms with Crippen molar-refractivity contribution in [3.8, 4) is 11.5 Å². The molecule has 0 spiro atoms. The normalized spacial score (nSPS) is 15.5. The SMILES string of the molecule is COc1ccc(NC(=O)C(c2ccc(OC)cc2)N2CCN(C(=O)OC(C)(C)C)CC2)cc1. The van der Waals surface area contributed by atoms with E-state index >= 15 is 0 Å². The van der Waals surface area contributed by atoms with Gasteiger partial charge in [-0.25, -0.2) is 4.79 Å². The highest BCUT2D eigenvalue weighted by molar-refractivity contribution is 5.95. The Kier molecular flexibility index (Phi) is 7.81. The van der Waals surface area contributed by atoms with Gasteiger partial charge in [0.2, 0.25) is 5.91 Å². The molecule has 8 heteroatoms. The number of methoxy groups -OCH3 is 2. The summed E-state index contributed by atoms with van der Waals surface area (Å²) in [6.45, 7) is 7.62. The maximum absolute atomic E-state index is 13.4. The molecule has 8 nitrogen and oxygen atoms in total. The molecule has 0 saturated carbocycles. The molecule has 0 bridgehead atoms. The number of benzene rings is 2. The van der Waals surface area contributed by atoms with Crippen molar-refractivity contribution in [1.82, 2.24) is 9.80 Å². The van der Waals surface area contributed by atoms with Gasteiger partial charge in [0.15, 0.2) is 0 Å². The summed E-state index contributed by atoms with van der Waals surface area (Å²) >= 11 is 0. The van der Waals surface area contributed by atoms with Gasteiger partial charge >= 0.3 is 6.09 Å².